The maximum atomic E-state index is 13.3. The minimum Gasteiger partial charge on any atom is -0.369 e. The molecule has 1 saturated heterocycles. The van der Waals surface area contributed by atoms with Crippen LogP contribution in [0.25, 0.3) is 0 Å². The highest BCUT2D eigenvalue weighted by atomic mass is 32.2. The number of rotatable bonds is 6. The normalized spacial score (nSPS) is 17.5. The first-order chi connectivity index (χ1) is 10.8. The number of carbonyl (C=O) groups excluding carboxylic acids is 1. The van der Waals surface area contributed by atoms with Crippen molar-refractivity contribution < 1.29 is 17.6 Å². The van der Waals surface area contributed by atoms with Crippen molar-refractivity contribution in [3.05, 3.63) is 35.6 Å². The van der Waals surface area contributed by atoms with Crippen molar-refractivity contribution in [2.75, 3.05) is 19.6 Å². The summed E-state index contributed by atoms with van der Waals surface area (Å²) in [6, 6.07) is 5.91. The fourth-order valence-electron chi connectivity index (χ4n) is 2.73. The monoisotopic (exact) mass is 343 g/mol. The van der Waals surface area contributed by atoms with Crippen molar-refractivity contribution >= 4 is 16.1 Å². The lowest BCUT2D eigenvalue weighted by molar-refractivity contribution is -0.122. The van der Waals surface area contributed by atoms with Gasteiger partial charge in [0.1, 0.15) is 5.82 Å². The lowest BCUT2D eigenvalue weighted by Crippen LogP contribution is -2.48. The van der Waals surface area contributed by atoms with Crippen molar-refractivity contribution in [3.8, 4) is 0 Å². The molecule has 6 nitrogen and oxygen atoms in total. The molecule has 1 amide bonds. The van der Waals surface area contributed by atoms with Crippen molar-refractivity contribution in [2.24, 2.45) is 11.7 Å². The molecule has 0 spiro atoms. The summed E-state index contributed by atoms with van der Waals surface area (Å²) in [4.78, 5) is 11.2. The Kier molecular flexibility index (Phi) is 5.72. The largest absolute Gasteiger partial charge is 0.369 e. The minimum absolute atomic E-state index is 0.117. The van der Waals surface area contributed by atoms with Gasteiger partial charge in [0.05, 0.1) is 0 Å². The number of nitrogens with zero attached hydrogens (tertiary/aromatic N) is 2. The van der Waals surface area contributed by atoms with Gasteiger partial charge in [0, 0.05) is 32.1 Å². The number of hydrogen-bond donors (Lipinski definition) is 1. The number of hydrogen-bond acceptors (Lipinski definition) is 3. The van der Waals surface area contributed by atoms with E-state index in [-0.39, 0.29) is 38.0 Å². The Labute approximate surface area is 136 Å². The van der Waals surface area contributed by atoms with Crippen LogP contribution in [-0.2, 0) is 21.5 Å². The van der Waals surface area contributed by atoms with E-state index in [0.29, 0.717) is 18.4 Å². The molecule has 2 N–H and O–H groups in total. The first-order valence-electron chi connectivity index (χ1n) is 7.63. The Hall–Kier alpha value is -1.51. The summed E-state index contributed by atoms with van der Waals surface area (Å²) < 4.78 is 41.4. The van der Waals surface area contributed by atoms with Crippen LogP contribution >= 0.6 is 0 Å². The zero-order chi connectivity index (χ0) is 17.0. The molecule has 1 aromatic rings. The van der Waals surface area contributed by atoms with Crippen LogP contribution in [0, 0.1) is 11.7 Å². The Morgan fingerprint density at radius 3 is 2.57 bits per heavy atom. The van der Waals surface area contributed by atoms with Gasteiger partial charge in [0.2, 0.25) is 5.91 Å². The molecule has 0 unspecified atom stereocenters. The highest BCUT2D eigenvalue weighted by molar-refractivity contribution is 7.86. The molecule has 128 valence electrons. The number of amides is 1. The van der Waals surface area contributed by atoms with Gasteiger partial charge in [-0.1, -0.05) is 19.1 Å². The van der Waals surface area contributed by atoms with Gasteiger partial charge in [0.25, 0.3) is 10.2 Å². The molecule has 8 heteroatoms. The molecule has 2 rings (SSSR count). The summed E-state index contributed by atoms with van der Waals surface area (Å²) >= 11 is 0. The number of carbonyl (C=O) groups is 1. The van der Waals surface area contributed by atoms with Crippen LogP contribution in [0.1, 0.15) is 25.3 Å². The van der Waals surface area contributed by atoms with Gasteiger partial charge in [-0.15, -0.1) is 0 Å². The fraction of sp³-hybridized carbons (Fsp3) is 0.533. The molecular formula is C15H22FN3O3S. The van der Waals surface area contributed by atoms with Gasteiger partial charge in [-0.05, 0) is 30.5 Å². The van der Waals surface area contributed by atoms with Crippen LogP contribution in [0.3, 0.4) is 0 Å². The summed E-state index contributed by atoms with van der Waals surface area (Å²) in [6.07, 6.45) is 0.873. The lowest BCUT2D eigenvalue weighted by atomic mass is 9.98. The predicted octanol–water partition coefficient (Wildman–Crippen LogP) is 1.09. The van der Waals surface area contributed by atoms with E-state index in [1.54, 1.807) is 19.1 Å². The van der Waals surface area contributed by atoms with Gasteiger partial charge >= 0.3 is 0 Å². The van der Waals surface area contributed by atoms with E-state index >= 15 is 0 Å². The van der Waals surface area contributed by atoms with Crippen LogP contribution in [0.5, 0.6) is 0 Å². The zero-order valence-corrected chi connectivity index (χ0v) is 13.9. The van der Waals surface area contributed by atoms with Crippen molar-refractivity contribution in [1.29, 1.82) is 0 Å². The smallest absolute Gasteiger partial charge is 0.282 e. The third-order valence-electron chi connectivity index (χ3n) is 4.11. The van der Waals surface area contributed by atoms with Crippen LogP contribution in [0.4, 0.5) is 4.39 Å². The second-order valence-corrected chi connectivity index (χ2v) is 7.57. The van der Waals surface area contributed by atoms with E-state index < -0.39 is 16.0 Å². The molecule has 1 fully saturated rings. The summed E-state index contributed by atoms with van der Waals surface area (Å²) in [5, 5.41) is 0. The van der Waals surface area contributed by atoms with Crippen LogP contribution in [-0.4, -0.2) is 42.6 Å². The average molecular weight is 343 g/mol. The number of nitrogens with two attached hydrogens (primary N) is 1. The van der Waals surface area contributed by atoms with E-state index in [9.17, 15) is 17.6 Å². The Morgan fingerprint density at radius 2 is 2.04 bits per heavy atom. The first-order valence-corrected chi connectivity index (χ1v) is 9.03. The first kappa shape index (κ1) is 17.8. The summed E-state index contributed by atoms with van der Waals surface area (Å²) in [7, 11) is -3.64. The van der Waals surface area contributed by atoms with Crippen molar-refractivity contribution in [3.63, 3.8) is 0 Å². The van der Waals surface area contributed by atoms with Gasteiger partial charge in [-0.2, -0.15) is 17.0 Å². The molecule has 0 saturated carbocycles. The number of piperidine rings is 1. The van der Waals surface area contributed by atoms with Crippen molar-refractivity contribution in [1.82, 2.24) is 8.61 Å². The molecule has 0 radical (unpaired) electrons. The molecule has 0 aromatic heterocycles. The maximum absolute atomic E-state index is 13.3. The van der Waals surface area contributed by atoms with Crippen LogP contribution in [0.2, 0.25) is 0 Å². The number of benzene rings is 1. The van der Waals surface area contributed by atoms with Crippen LogP contribution in [0.15, 0.2) is 24.3 Å². The molecule has 0 atom stereocenters. The summed E-state index contributed by atoms with van der Waals surface area (Å²) in [6.45, 7) is 2.69. The summed E-state index contributed by atoms with van der Waals surface area (Å²) in [5.74, 6) is -1.04. The second-order valence-electron chi connectivity index (χ2n) is 5.64. The van der Waals surface area contributed by atoms with Crippen LogP contribution < -0.4 is 5.73 Å². The third kappa shape index (κ3) is 4.27. The van der Waals surface area contributed by atoms with Gasteiger partial charge in [-0.25, -0.2) is 4.39 Å². The summed E-state index contributed by atoms with van der Waals surface area (Å²) in [5.41, 5.74) is 5.87. The molecular weight excluding hydrogens is 321 g/mol. The van der Waals surface area contributed by atoms with Gasteiger partial charge < -0.3 is 5.73 Å². The van der Waals surface area contributed by atoms with Gasteiger partial charge in [0.15, 0.2) is 0 Å². The maximum Gasteiger partial charge on any atom is 0.282 e. The van der Waals surface area contributed by atoms with E-state index in [1.165, 1.54) is 20.7 Å². The standard InChI is InChI=1S/C15H22FN3O3S/c1-2-18(11-12-4-3-5-14(16)10-12)23(21,22)19-8-6-13(7-9-19)15(17)20/h3-5,10,13H,2,6-9,11H2,1H3,(H2,17,20). The third-order valence-corrected chi connectivity index (χ3v) is 6.17. The Morgan fingerprint density at radius 1 is 1.39 bits per heavy atom. The molecule has 1 aliphatic rings. The quantitative estimate of drug-likeness (QED) is 0.839. The number of halogens is 1. The fourth-order valence-corrected chi connectivity index (χ4v) is 4.37. The second kappa shape index (κ2) is 7.37. The molecule has 1 aliphatic heterocycles. The topological polar surface area (TPSA) is 83.7 Å². The van der Waals surface area contributed by atoms with Gasteiger partial charge in [-0.3, -0.25) is 4.79 Å². The highest BCUT2D eigenvalue weighted by Crippen LogP contribution is 2.22. The highest BCUT2D eigenvalue weighted by Gasteiger charge is 2.33. The molecule has 0 bridgehead atoms. The number of primary amides is 1. The Balaban J connectivity index is 2.09. The average Bonchev–Trinajstić information content (AvgIpc) is 2.52. The molecule has 0 aliphatic carbocycles. The lowest BCUT2D eigenvalue weighted by Gasteiger charge is -2.33. The van der Waals surface area contributed by atoms with Crippen molar-refractivity contribution in [2.45, 2.75) is 26.3 Å². The Bertz CT molecular complexity index is 658. The van der Waals surface area contributed by atoms with E-state index in [4.69, 9.17) is 5.73 Å². The predicted molar refractivity (Wildman–Crippen MR) is 84.9 cm³/mol. The SMILES string of the molecule is CCN(Cc1cccc(F)c1)S(=O)(=O)N1CCC(C(N)=O)CC1. The van der Waals surface area contributed by atoms with E-state index in [0.717, 1.165) is 0 Å². The zero-order valence-electron chi connectivity index (χ0n) is 13.1. The molecule has 1 aromatic carbocycles. The molecule has 23 heavy (non-hydrogen) atoms. The minimum atomic E-state index is -3.64. The molecule has 1 heterocycles. The van der Waals surface area contributed by atoms with E-state index in [1.807, 2.05) is 0 Å². The van der Waals surface area contributed by atoms with E-state index in [2.05, 4.69) is 0 Å².